The largest absolute Gasteiger partial charge is 0.481 e. The Balaban J connectivity index is 1.80. The highest BCUT2D eigenvalue weighted by molar-refractivity contribution is 5.80. The van der Waals surface area contributed by atoms with E-state index in [1.54, 1.807) is 0 Å². The van der Waals surface area contributed by atoms with Gasteiger partial charge in [-0.15, -0.1) is 0 Å². The van der Waals surface area contributed by atoms with Crippen LogP contribution in [-0.4, -0.2) is 29.2 Å². The Morgan fingerprint density at radius 3 is 2.25 bits per heavy atom. The summed E-state index contributed by atoms with van der Waals surface area (Å²) < 4.78 is 38.0. The molecule has 7 heteroatoms. The zero-order valence-electron chi connectivity index (χ0n) is 10.9. The predicted octanol–water partition coefficient (Wildman–Crippen LogP) is 2.33. The molecule has 2 fully saturated rings. The minimum atomic E-state index is -4.23. The Morgan fingerprint density at radius 1 is 1.05 bits per heavy atom. The van der Waals surface area contributed by atoms with E-state index in [2.05, 4.69) is 5.32 Å². The highest BCUT2D eigenvalue weighted by Gasteiger charge is 2.44. The summed E-state index contributed by atoms with van der Waals surface area (Å²) >= 11 is 0. The molecule has 2 aliphatic rings. The van der Waals surface area contributed by atoms with Crippen molar-refractivity contribution in [1.29, 1.82) is 0 Å². The molecule has 2 aliphatic carbocycles. The number of halogens is 3. The van der Waals surface area contributed by atoms with Crippen LogP contribution in [0.1, 0.15) is 38.5 Å². The topological polar surface area (TPSA) is 66.4 Å². The Kier molecular flexibility index (Phi) is 4.25. The number of aliphatic carboxylic acids is 1. The molecule has 114 valence electrons. The fourth-order valence-electron chi connectivity index (χ4n) is 2.98. The molecule has 0 unspecified atom stereocenters. The first kappa shape index (κ1) is 15.1. The first-order valence-corrected chi connectivity index (χ1v) is 6.87. The van der Waals surface area contributed by atoms with Crippen LogP contribution in [0.15, 0.2) is 0 Å². The zero-order chi connectivity index (χ0) is 14.9. The summed E-state index contributed by atoms with van der Waals surface area (Å²) in [4.78, 5) is 22.6. The van der Waals surface area contributed by atoms with Gasteiger partial charge in [-0.2, -0.15) is 13.2 Å². The fraction of sp³-hybridized carbons (Fsp3) is 0.846. The van der Waals surface area contributed by atoms with Crippen LogP contribution in [0.4, 0.5) is 13.2 Å². The molecule has 0 aromatic rings. The van der Waals surface area contributed by atoms with Crippen molar-refractivity contribution in [2.24, 2.45) is 17.8 Å². The van der Waals surface area contributed by atoms with Crippen molar-refractivity contribution in [3.8, 4) is 0 Å². The monoisotopic (exact) mass is 293 g/mol. The lowest BCUT2D eigenvalue weighted by Crippen LogP contribution is -2.49. The summed E-state index contributed by atoms with van der Waals surface area (Å²) in [6.07, 6.45) is -2.66. The number of alkyl halides is 3. The number of nitrogens with one attached hydrogen (secondary N) is 1. The van der Waals surface area contributed by atoms with Crippen LogP contribution in [0.2, 0.25) is 0 Å². The van der Waals surface area contributed by atoms with E-state index < -0.39 is 29.9 Å². The van der Waals surface area contributed by atoms with Crippen LogP contribution in [-0.2, 0) is 9.59 Å². The molecule has 0 radical (unpaired) electrons. The summed E-state index contributed by atoms with van der Waals surface area (Å²) in [5.41, 5.74) is 0. The lowest BCUT2D eigenvalue weighted by Gasteiger charge is -2.35. The molecule has 1 amide bonds. The average molecular weight is 293 g/mol. The molecule has 2 atom stereocenters. The minimum Gasteiger partial charge on any atom is -0.481 e. The van der Waals surface area contributed by atoms with Gasteiger partial charge in [0, 0.05) is 12.0 Å². The van der Waals surface area contributed by atoms with Crippen molar-refractivity contribution in [2.45, 2.75) is 50.7 Å². The number of rotatable bonds is 3. The summed E-state index contributed by atoms with van der Waals surface area (Å²) in [6.45, 7) is 0. The lowest BCUT2D eigenvalue weighted by molar-refractivity contribution is -0.186. The molecule has 2 rings (SSSR count). The van der Waals surface area contributed by atoms with E-state index >= 15 is 0 Å². The van der Waals surface area contributed by atoms with E-state index in [1.165, 1.54) is 0 Å². The number of hydrogen-bond acceptors (Lipinski definition) is 2. The van der Waals surface area contributed by atoms with Gasteiger partial charge in [-0.1, -0.05) is 6.42 Å². The third-order valence-corrected chi connectivity index (χ3v) is 4.34. The van der Waals surface area contributed by atoms with E-state index in [9.17, 15) is 22.8 Å². The number of hydrogen-bond donors (Lipinski definition) is 2. The van der Waals surface area contributed by atoms with Crippen molar-refractivity contribution in [3.05, 3.63) is 0 Å². The standard InChI is InChI=1S/C13H18F3NO3/c14-13(15,16)9-3-1-2-7(4-9)11(18)17-10-5-8(6-10)12(19)20/h7-10H,1-6H2,(H,17,18)(H,19,20)/t7-,8?,9-,10?/m1/s1. The molecule has 0 spiro atoms. The van der Waals surface area contributed by atoms with Gasteiger partial charge in [0.1, 0.15) is 0 Å². The maximum Gasteiger partial charge on any atom is 0.391 e. The third kappa shape index (κ3) is 3.43. The van der Waals surface area contributed by atoms with Crippen molar-refractivity contribution in [3.63, 3.8) is 0 Å². The second-order valence-corrected chi connectivity index (χ2v) is 5.81. The first-order chi connectivity index (χ1) is 9.27. The zero-order valence-corrected chi connectivity index (χ0v) is 10.9. The van der Waals surface area contributed by atoms with Gasteiger partial charge < -0.3 is 10.4 Å². The van der Waals surface area contributed by atoms with Crippen LogP contribution < -0.4 is 5.32 Å². The Hall–Kier alpha value is -1.27. The smallest absolute Gasteiger partial charge is 0.391 e. The van der Waals surface area contributed by atoms with Crippen LogP contribution in [0.25, 0.3) is 0 Å². The highest BCUT2D eigenvalue weighted by Crippen LogP contribution is 2.40. The number of carbonyl (C=O) groups is 2. The van der Waals surface area contributed by atoms with Crippen molar-refractivity contribution >= 4 is 11.9 Å². The number of carbonyl (C=O) groups excluding carboxylic acids is 1. The van der Waals surface area contributed by atoms with E-state index in [0.29, 0.717) is 25.7 Å². The molecule has 4 nitrogen and oxygen atoms in total. The molecule has 2 saturated carbocycles. The second kappa shape index (κ2) is 5.61. The van der Waals surface area contributed by atoms with E-state index in [0.717, 1.165) is 0 Å². The lowest BCUT2D eigenvalue weighted by atomic mass is 9.78. The summed E-state index contributed by atoms with van der Waals surface area (Å²) in [5.74, 6) is -3.66. The highest BCUT2D eigenvalue weighted by atomic mass is 19.4. The average Bonchev–Trinajstić information content (AvgIpc) is 2.31. The van der Waals surface area contributed by atoms with Crippen LogP contribution in [0.5, 0.6) is 0 Å². The molecule has 0 saturated heterocycles. The Morgan fingerprint density at radius 2 is 1.70 bits per heavy atom. The Labute approximate surface area is 114 Å². The quantitative estimate of drug-likeness (QED) is 0.839. The Bertz CT molecular complexity index is 391. The van der Waals surface area contributed by atoms with E-state index in [1.807, 2.05) is 0 Å². The first-order valence-electron chi connectivity index (χ1n) is 6.87. The van der Waals surface area contributed by atoms with Gasteiger partial charge in [0.25, 0.3) is 0 Å². The predicted molar refractivity (Wildman–Crippen MR) is 63.8 cm³/mol. The molecule has 0 aromatic carbocycles. The molecular weight excluding hydrogens is 275 g/mol. The van der Waals surface area contributed by atoms with E-state index in [-0.39, 0.29) is 24.8 Å². The summed E-state index contributed by atoms with van der Waals surface area (Å²) in [5, 5.41) is 11.4. The van der Waals surface area contributed by atoms with Gasteiger partial charge >= 0.3 is 12.1 Å². The van der Waals surface area contributed by atoms with Crippen molar-refractivity contribution in [2.75, 3.05) is 0 Å². The third-order valence-electron chi connectivity index (χ3n) is 4.34. The molecular formula is C13H18F3NO3. The van der Waals surface area contributed by atoms with Gasteiger partial charge in [-0.05, 0) is 32.1 Å². The second-order valence-electron chi connectivity index (χ2n) is 5.81. The van der Waals surface area contributed by atoms with Gasteiger partial charge in [0.2, 0.25) is 5.91 Å². The van der Waals surface area contributed by atoms with Crippen LogP contribution >= 0.6 is 0 Å². The number of carboxylic acid groups (broad SMARTS) is 1. The summed E-state index contributed by atoms with van der Waals surface area (Å²) in [7, 11) is 0. The molecule has 0 aromatic heterocycles. The van der Waals surface area contributed by atoms with Crippen LogP contribution in [0.3, 0.4) is 0 Å². The fourth-order valence-corrected chi connectivity index (χ4v) is 2.98. The van der Waals surface area contributed by atoms with Crippen molar-refractivity contribution < 1.29 is 27.9 Å². The van der Waals surface area contributed by atoms with Gasteiger partial charge in [0.15, 0.2) is 0 Å². The number of carboxylic acids is 1. The maximum atomic E-state index is 12.7. The summed E-state index contributed by atoms with van der Waals surface area (Å²) in [6, 6.07) is -0.199. The molecule has 20 heavy (non-hydrogen) atoms. The normalized spacial score (nSPS) is 34.1. The number of amides is 1. The van der Waals surface area contributed by atoms with Gasteiger partial charge in [-0.25, -0.2) is 0 Å². The SMILES string of the molecule is O=C(O)C1CC(NC(=O)[C@@H]2CCC[C@@H](C(F)(F)F)C2)C1. The molecule has 0 heterocycles. The molecule has 2 N–H and O–H groups in total. The van der Waals surface area contributed by atoms with E-state index in [4.69, 9.17) is 5.11 Å². The van der Waals surface area contributed by atoms with Gasteiger partial charge in [-0.3, -0.25) is 9.59 Å². The van der Waals surface area contributed by atoms with Gasteiger partial charge in [0.05, 0.1) is 11.8 Å². The molecule has 0 bridgehead atoms. The maximum absolute atomic E-state index is 12.7. The van der Waals surface area contributed by atoms with Crippen LogP contribution in [0, 0.1) is 17.8 Å². The minimum absolute atomic E-state index is 0.0950. The van der Waals surface area contributed by atoms with Crippen molar-refractivity contribution in [1.82, 2.24) is 5.32 Å². The molecule has 0 aliphatic heterocycles.